The van der Waals surface area contributed by atoms with E-state index in [0.717, 1.165) is 5.56 Å². The number of hydrogen-bond donors (Lipinski definition) is 1. The molecule has 0 saturated carbocycles. The monoisotopic (exact) mass is 286 g/mol. The Morgan fingerprint density at radius 2 is 1.95 bits per heavy atom. The van der Waals surface area contributed by atoms with E-state index in [1.807, 2.05) is 44.2 Å². The summed E-state index contributed by atoms with van der Waals surface area (Å²) in [4.78, 5) is 26.8. The van der Waals surface area contributed by atoms with Crippen LogP contribution in [0, 0.1) is 5.92 Å². The van der Waals surface area contributed by atoms with Gasteiger partial charge in [-0.1, -0.05) is 50.3 Å². The van der Waals surface area contributed by atoms with Gasteiger partial charge in [0.2, 0.25) is 5.91 Å². The predicted octanol–water partition coefficient (Wildman–Crippen LogP) is 2.29. The molecule has 1 aliphatic rings. The zero-order valence-electron chi connectivity index (χ0n) is 12.6. The molecule has 0 aliphatic carbocycles. The summed E-state index contributed by atoms with van der Waals surface area (Å²) in [6.45, 7) is 8.19. The second kappa shape index (κ2) is 6.57. The number of nitrogens with zero attached hydrogens (tertiary/aromatic N) is 1. The van der Waals surface area contributed by atoms with Gasteiger partial charge in [-0.2, -0.15) is 0 Å². The normalized spacial score (nSPS) is 22.3. The van der Waals surface area contributed by atoms with E-state index in [2.05, 4.69) is 11.9 Å². The first-order valence-corrected chi connectivity index (χ1v) is 7.31. The number of piperazine rings is 1. The minimum atomic E-state index is -0.595. The highest BCUT2D eigenvalue weighted by Gasteiger charge is 2.40. The van der Waals surface area contributed by atoms with Crippen molar-refractivity contribution in [3.8, 4) is 0 Å². The van der Waals surface area contributed by atoms with Gasteiger partial charge in [0.25, 0.3) is 5.91 Å². The SMILES string of the molecule is C=CCN1C(=O)C(c2ccccc2)NC(=O)C1CC(C)C. The number of amides is 2. The van der Waals surface area contributed by atoms with Crippen LogP contribution in [-0.4, -0.2) is 29.3 Å². The molecule has 0 bridgehead atoms. The van der Waals surface area contributed by atoms with Crippen LogP contribution in [0.2, 0.25) is 0 Å². The second-order valence-electron chi connectivity index (χ2n) is 5.78. The molecular weight excluding hydrogens is 264 g/mol. The first kappa shape index (κ1) is 15.3. The van der Waals surface area contributed by atoms with Crippen molar-refractivity contribution in [3.05, 3.63) is 48.6 Å². The second-order valence-corrected chi connectivity index (χ2v) is 5.78. The van der Waals surface area contributed by atoms with Crippen molar-refractivity contribution in [2.24, 2.45) is 5.92 Å². The Kier molecular flexibility index (Phi) is 4.78. The third-order valence-electron chi connectivity index (χ3n) is 3.65. The molecule has 1 aromatic rings. The van der Waals surface area contributed by atoms with Crippen molar-refractivity contribution < 1.29 is 9.59 Å². The molecule has 2 rings (SSSR count). The topological polar surface area (TPSA) is 49.4 Å². The lowest BCUT2D eigenvalue weighted by Crippen LogP contribution is -2.59. The molecular formula is C17H22N2O2. The average molecular weight is 286 g/mol. The Morgan fingerprint density at radius 3 is 2.52 bits per heavy atom. The van der Waals surface area contributed by atoms with Crippen LogP contribution in [0.3, 0.4) is 0 Å². The summed E-state index contributed by atoms with van der Waals surface area (Å²) in [7, 11) is 0. The van der Waals surface area contributed by atoms with Crippen LogP contribution in [0.4, 0.5) is 0 Å². The van der Waals surface area contributed by atoms with Crippen molar-refractivity contribution in [1.82, 2.24) is 10.2 Å². The van der Waals surface area contributed by atoms with E-state index < -0.39 is 12.1 Å². The first-order valence-electron chi connectivity index (χ1n) is 7.31. The molecule has 2 atom stereocenters. The standard InChI is InChI=1S/C17H22N2O2/c1-4-10-19-14(11-12(2)3)16(20)18-15(17(19)21)13-8-6-5-7-9-13/h4-9,12,14-15H,1,10-11H2,2-3H3,(H,18,20). The van der Waals surface area contributed by atoms with Crippen molar-refractivity contribution in [2.75, 3.05) is 6.54 Å². The largest absolute Gasteiger partial charge is 0.339 e. The van der Waals surface area contributed by atoms with E-state index in [-0.39, 0.29) is 11.8 Å². The molecule has 2 amide bonds. The molecule has 0 aromatic heterocycles. The van der Waals surface area contributed by atoms with Crippen molar-refractivity contribution in [3.63, 3.8) is 0 Å². The van der Waals surface area contributed by atoms with E-state index in [1.54, 1.807) is 11.0 Å². The third kappa shape index (κ3) is 3.32. The molecule has 112 valence electrons. The summed E-state index contributed by atoms with van der Waals surface area (Å²) in [5.74, 6) is 0.194. The maximum Gasteiger partial charge on any atom is 0.250 e. The number of rotatable bonds is 5. The Labute approximate surface area is 125 Å². The fourth-order valence-electron chi connectivity index (χ4n) is 2.67. The highest BCUT2D eigenvalue weighted by Crippen LogP contribution is 2.25. The molecule has 0 spiro atoms. The van der Waals surface area contributed by atoms with Crippen LogP contribution in [0.5, 0.6) is 0 Å². The maximum absolute atomic E-state index is 12.7. The number of carbonyl (C=O) groups is 2. The van der Waals surface area contributed by atoms with Crippen molar-refractivity contribution in [1.29, 1.82) is 0 Å². The molecule has 1 N–H and O–H groups in total. The molecule has 1 saturated heterocycles. The maximum atomic E-state index is 12.7. The van der Waals surface area contributed by atoms with Gasteiger partial charge >= 0.3 is 0 Å². The van der Waals surface area contributed by atoms with Gasteiger partial charge in [-0.05, 0) is 17.9 Å². The van der Waals surface area contributed by atoms with E-state index in [9.17, 15) is 9.59 Å². The van der Waals surface area contributed by atoms with Gasteiger partial charge in [0.05, 0.1) is 0 Å². The van der Waals surface area contributed by atoms with Crippen molar-refractivity contribution in [2.45, 2.75) is 32.4 Å². The molecule has 4 heteroatoms. The number of nitrogens with one attached hydrogen (secondary N) is 1. The van der Waals surface area contributed by atoms with E-state index >= 15 is 0 Å². The molecule has 4 nitrogen and oxygen atoms in total. The molecule has 21 heavy (non-hydrogen) atoms. The van der Waals surface area contributed by atoms with Gasteiger partial charge in [-0.3, -0.25) is 9.59 Å². The van der Waals surface area contributed by atoms with E-state index in [1.165, 1.54) is 0 Å². The lowest BCUT2D eigenvalue weighted by molar-refractivity contribution is -0.149. The van der Waals surface area contributed by atoms with Gasteiger partial charge in [0, 0.05) is 6.54 Å². The summed E-state index contributed by atoms with van der Waals surface area (Å²) < 4.78 is 0. The molecule has 1 heterocycles. The predicted molar refractivity (Wildman–Crippen MR) is 82.5 cm³/mol. The van der Waals surface area contributed by atoms with Crippen molar-refractivity contribution >= 4 is 11.8 Å². The minimum absolute atomic E-state index is 0.0636. The average Bonchev–Trinajstić information content (AvgIpc) is 2.47. The van der Waals surface area contributed by atoms with Gasteiger partial charge < -0.3 is 10.2 Å². The highest BCUT2D eigenvalue weighted by molar-refractivity contribution is 5.97. The lowest BCUT2D eigenvalue weighted by Gasteiger charge is -2.39. The van der Waals surface area contributed by atoms with Crippen LogP contribution in [0.25, 0.3) is 0 Å². The van der Waals surface area contributed by atoms with Crippen LogP contribution >= 0.6 is 0 Å². The number of hydrogen-bond acceptors (Lipinski definition) is 2. The fourth-order valence-corrected chi connectivity index (χ4v) is 2.67. The number of benzene rings is 1. The minimum Gasteiger partial charge on any atom is -0.339 e. The molecule has 1 aliphatic heterocycles. The van der Waals surface area contributed by atoms with E-state index in [4.69, 9.17) is 0 Å². The van der Waals surface area contributed by atoms with Crippen LogP contribution in [0.1, 0.15) is 31.9 Å². The van der Waals surface area contributed by atoms with Gasteiger partial charge in [0.1, 0.15) is 12.1 Å². The van der Waals surface area contributed by atoms with Gasteiger partial charge in [0.15, 0.2) is 0 Å². The van der Waals surface area contributed by atoms with E-state index in [0.29, 0.717) is 18.9 Å². The lowest BCUT2D eigenvalue weighted by atomic mass is 9.95. The summed E-state index contributed by atoms with van der Waals surface area (Å²) in [5.41, 5.74) is 0.813. The Hall–Kier alpha value is -2.10. The molecule has 0 radical (unpaired) electrons. The Bertz CT molecular complexity index is 525. The van der Waals surface area contributed by atoms with Gasteiger partial charge in [-0.25, -0.2) is 0 Å². The van der Waals surface area contributed by atoms with Crippen LogP contribution in [0.15, 0.2) is 43.0 Å². The third-order valence-corrected chi connectivity index (χ3v) is 3.65. The molecule has 1 aromatic carbocycles. The summed E-state index contributed by atoms with van der Waals surface area (Å²) in [6, 6.07) is 8.34. The quantitative estimate of drug-likeness (QED) is 0.844. The summed E-state index contributed by atoms with van der Waals surface area (Å²) >= 11 is 0. The Balaban J connectivity index is 2.28. The van der Waals surface area contributed by atoms with Crippen LogP contribution in [-0.2, 0) is 9.59 Å². The summed E-state index contributed by atoms with van der Waals surface area (Å²) in [6.07, 6.45) is 2.33. The zero-order chi connectivity index (χ0) is 15.4. The molecule has 1 fully saturated rings. The fraction of sp³-hybridized carbons (Fsp3) is 0.412. The first-order chi connectivity index (χ1) is 10.0. The van der Waals surface area contributed by atoms with Crippen LogP contribution < -0.4 is 5.32 Å². The number of carbonyl (C=O) groups excluding carboxylic acids is 2. The van der Waals surface area contributed by atoms with Gasteiger partial charge in [-0.15, -0.1) is 6.58 Å². The summed E-state index contributed by atoms with van der Waals surface area (Å²) in [5, 5.41) is 2.86. The zero-order valence-corrected chi connectivity index (χ0v) is 12.6. The smallest absolute Gasteiger partial charge is 0.250 e. The highest BCUT2D eigenvalue weighted by atomic mass is 16.2. The molecule has 2 unspecified atom stereocenters. The Morgan fingerprint density at radius 1 is 1.29 bits per heavy atom.